The van der Waals surface area contributed by atoms with E-state index in [0.29, 0.717) is 18.1 Å². The normalized spacial score (nSPS) is 10.2. The van der Waals surface area contributed by atoms with Gasteiger partial charge in [-0.05, 0) is 30.7 Å². The Morgan fingerprint density at radius 1 is 1.17 bits per heavy atom. The number of halogens is 2. The smallest absolute Gasteiger partial charge is 0.242 e. The summed E-state index contributed by atoms with van der Waals surface area (Å²) in [5, 5.41) is 0.356. The van der Waals surface area contributed by atoms with Gasteiger partial charge >= 0.3 is 0 Å². The van der Waals surface area contributed by atoms with E-state index in [9.17, 15) is 0 Å². The van der Waals surface area contributed by atoms with E-state index >= 15 is 0 Å². The Kier molecular flexibility index (Phi) is 4.23. The second-order valence-corrected chi connectivity index (χ2v) is 4.02. The number of rotatable bonds is 4. The zero-order valence-electron chi connectivity index (χ0n) is 9.56. The van der Waals surface area contributed by atoms with Crippen molar-refractivity contribution in [3.8, 4) is 17.4 Å². The molecule has 0 saturated carbocycles. The van der Waals surface area contributed by atoms with Gasteiger partial charge in [0.25, 0.3) is 0 Å². The molecule has 0 saturated heterocycles. The lowest BCUT2D eigenvalue weighted by Gasteiger charge is -2.11. The van der Waals surface area contributed by atoms with Crippen molar-refractivity contribution in [2.75, 3.05) is 6.61 Å². The molecule has 18 heavy (non-hydrogen) atoms. The monoisotopic (exact) mass is 284 g/mol. The highest BCUT2D eigenvalue weighted by molar-refractivity contribution is 6.32. The van der Waals surface area contributed by atoms with Gasteiger partial charge in [-0.25, -0.2) is 4.98 Å². The Balaban J connectivity index is 2.30. The first-order chi connectivity index (χ1) is 8.70. The second kappa shape index (κ2) is 5.89. The van der Waals surface area contributed by atoms with Gasteiger partial charge < -0.3 is 9.47 Å². The van der Waals surface area contributed by atoms with Crippen molar-refractivity contribution in [3.05, 3.63) is 40.8 Å². The maximum atomic E-state index is 5.93. The van der Waals surface area contributed by atoms with Crippen LogP contribution in [-0.2, 0) is 0 Å². The molecular formula is C12H10Cl2N2O2. The highest BCUT2D eigenvalue weighted by Crippen LogP contribution is 2.33. The number of nitrogens with zero attached hydrogens (tertiary/aromatic N) is 2. The first kappa shape index (κ1) is 12.9. The molecule has 2 aromatic rings. The maximum Gasteiger partial charge on any atom is 0.242 e. The summed E-state index contributed by atoms with van der Waals surface area (Å²) in [5.41, 5.74) is 0. The predicted octanol–water partition coefficient (Wildman–Crippen LogP) is 3.97. The van der Waals surface area contributed by atoms with Gasteiger partial charge in [-0.2, -0.15) is 4.98 Å². The van der Waals surface area contributed by atoms with E-state index in [4.69, 9.17) is 32.7 Å². The van der Waals surface area contributed by atoms with Gasteiger partial charge in [0.2, 0.25) is 11.2 Å². The van der Waals surface area contributed by atoms with Gasteiger partial charge in [-0.1, -0.05) is 23.7 Å². The Morgan fingerprint density at radius 3 is 2.61 bits per heavy atom. The minimum absolute atomic E-state index is 0.0725. The van der Waals surface area contributed by atoms with Crippen LogP contribution in [0.3, 0.4) is 0 Å². The molecule has 0 N–H and O–H groups in total. The van der Waals surface area contributed by atoms with Gasteiger partial charge in [0.1, 0.15) is 5.02 Å². The molecule has 0 bridgehead atoms. The average molecular weight is 285 g/mol. The minimum atomic E-state index is 0.0725. The third-order valence-corrected chi connectivity index (χ3v) is 2.48. The summed E-state index contributed by atoms with van der Waals surface area (Å²) in [4.78, 5) is 7.66. The topological polar surface area (TPSA) is 44.2 Å². The SMILES string of the molecule is CCOc1ccccc1Oc1nc(Cl)ncc1Cl. The van der Waals surface area contributed by atoms with Crippen molar-refractivity contribution in [1.29, 1.82) is 0 Å². The van der Waals surface area contributed by atoms with Crippen molar-refractivity contribution in [2.24, 2.45) is 0 Å². The summed E-state index contributed by atoms with van der Waals surface area (Å²) in [6.07, 6.45) is 1.38. The molecule has 1 aromatic heterocycles. The van der Waals surface area contributed by atoms with Crippen LogP contribution >= 0.6 is 23.2 Å². The summed E-state index contributed by atoms with van der Waals surface area (Å²) in [5.74, 6) is 1.34. The molecule has 0 aliphatic rings. The van der Waals surface area contributed by atoms with Gasteiger partial charge in [-0.3, -0.25) is 0 Å². The zero-order valence-corrected chi connectivity index (χ0v) is 11.1. The van der Waals surface area contributed by atoms with E-state index in [-0.39, 0.29) is 16.2 Å². The molecule has 0 aliphatic heterocycles. The molecule has 0 radical (unpaired) electrons. The number of hydrogen-bond acceptors (Lipinski definition) is 4. The van der Waals surface area contributed by atoms with E-state index in [2.05, 4.69) is 9.97 Å². The molecule has 0 fully saturated rings. The lowest BCUT2D eigenvalue weighted by molar-refractivity contribution is 0.319. The van der Waals surface area contributed by atoms with Crippen LogP contribution < -0.4 is 9.47 Å². The molecule has 0 amide bonds. The van der Waals surface area contributed by atoms with E-state index in [0.717, 1.165) is 0 Å². The van der Waals surface area contributed by atoms with Crippen LogP contribution in [0.2, 0.25) is 10.3 Å². The number of para-hydroxylation sites is 2. The Labute approximate surface area is 114 Å². The van der Waals surface area contributed by atoms with Gasteiger partial charge in [-0.15, -0.1) is 0 Å². The average Bonchev–Trinajstić information content (AvgIpc) is 2.36. The van der Waals surface area contributed by atoms with Crippen LogP contribution in [-0.4, -0.2) is 16.6 Å². The van der Waals surface area contributed by atoms with Crippen LogP contribution in [0.15, 0.2) is 30.5 Å². The van der Waals surface area contributed by atoms with Crippen molar-refractivity contribution in [2.45, 2.75) is 6.92 Å². The summed E-state index contributed by atoms with van der Waals surface area (Å²) >= 11 is 11.6. The second-order valence-electron chi connectivity index (χ2n) is 3.27. The van der Waals surface area contributed by atoms with Gasteiger partial charge in [0.05, 0.1) is 12.8 Å². The number of aromatic nitrogens is 2. The Hall–Kier alpha value is -1.52. The molecule has 1 heterocycles. The molecule has 0 unspecified atom stereocenters. The third-order valence-electron chi connectivity index (χ3n) is 2.04. The molecule has 0 aliphatic carbocycles. The molecule has 94 valence electrons. The van der Waals surface area contributed by atoms with Crippen LogP contribution in [0, 0.1) is 0 Å². The first-order valence-corrected chi connectivity index (χ1v) is 6.04. The van der Waals surface area contributed by atoms with E-state index in [1.807, 2.05) is 19.1 Å². The largest absolute Gasteiger partial charge is 0.490 e. The molecule has 1 aromatic carbocycles. The summed E-state index contributed by atoms with van der Waals surface area (Å²) in [6.45, 7) is 2.43. The fraction of sp³-hybridized carbons (Fsp3) is 0.167. The van der Waals surface area contributed by atoms with Crippen molar-refractivity contribution in [3.63, 3.8) is 0 Å². The fourth-order valence-corrected chi connectivity index (χ4v) is 1.57. The van der Waals surface area contributed by atoms with Crippen LogP contribution in [0.25, 0.3) is 0 Å². The van der Waals surface area contributed by atoms with Crippen LogP contribution in [0.4, 0.5) is 0 Å². The maximum absolute atomic E-state index is 5.93. The summed E-state index contributed by atoms with van der Waals surface area (Å²) in [7, 11) is 0. The highest BCUT2D eigenvalue weighted by atomic mass is 35.5. The molecule has 2 rings (SSSR count). The van der Waals surface area contributed by atoms with Crippen molar-refractivity contribution in [1.82, 2.24) is 9.97 Å². The van der Waals surface area contributed by atoms with Crippen molar-refractivity contribution >= 4 is 23.2 Å². The molecule has 0 atom stereocenters. The minimum Gasteiger partial charge on any atom is -0.490 e. The molecule has 4 nitrogen and oxygen atoms in total. The van der Waals surface area contributed by atoms with Gasteiger partial charge in [0.15, 0.2) is 11.5 Å². The number of hydrogen-bond donors (Lipinski definition) is 0. The van der Waals surface area contributed by atoms with E-state index < -0.39 is 0 Å². The number of ether oxygens (including phenoxy) is 2. The lowest BCUT2D eigenvalue weighted by atomic mass is 10.3. The lowest BCUT2D eigenvalue weighted by Crippen LogP contribution is -1.96. The van der Waals surface area contributed by atoms with Crippen LogP contribution in [0.5, 0.6) is 17.4 Å². The summed E-state index contributed by atoms with van der Waals surface area (Å²) in [6, 6.07) is 7.24. The van der Waals surface area contributed by atoms with E-state index in [1.54, 1.807) is 12.1 Å². The summed E-state index contributed by atoms with van der Waals surface area (Å²) < 4.78 is 11.0. The fourth-order valence-electron chi connectivity index (χ4n) is 1.32. The molecular weight excluding hydrogens is 275 g/mol. The third kappa shape index (κ3) is 3.03. The number of benzene rings is 1. The van der Waals surface area contributed by atoms with Crippen molar-refractivity contribution < 1.29 is 9.47 Å². The quantitative estimate of drug-likeness (QED) is 0.797. The Morgan fingerprint density at radius 2 is 1.89 bits per heavy atom. The van der Waals surface area contributed by atoms with Crippen LogP contribution in [0.1, 0.15) is 6.92 Å². The Bertz CT molecular complexity index is 549. The van der Waals surface area contributed by atoms with E-state index in [1.165, 1.54) is 6.20 Å². The van der Waals surface area contributed by atoms with Gasteiger partial charge in [0, 0.05) is 0 Å². The zero-order chi connectivity index (χ0) is 13.0. The molecule has 0 spiro atoms. The first-order valence-electron chi connectivity index (χ1n) is 5.28. The highest BCUT2D eigenvalue weighted by Gasteiger charge is 2.10. The molecule has 6 heteroatoms. The standard InChI is InChI=1S/C12H10Cl2N2O2/c1-2-17-9-5-3-4-6-10(9)18-11-8(13)7-15-12(14)16-11/h3-7H,2H2,1H3. The predicted molar refractivity (Wildman–Crippen MR) is 69.7 cm³/mol.